The second-order valence-electron chi connectivity index (χ2n) is 3.94. The van der Waals surface area contributed by atoms with Crippen LogP contribution < -0.4 is 5.32 Å². The highest BCUT2D eigenvalue weighted by Gasteiger charge is 2.39. The van der Waals surface area contributed by atoms with Crippen LogP contribution in [0.1, 0.15) is 31.9 Å². The molecule has 2 rings (SSSR count). The largest absolute Gasteiger partial charge is 0.311 e. The van der Waals surface area contributed by atoms with Crippen molar-refractivity contribution in [2.24, 2.45) is 5.41 Å². The summed E-state index contributed by atoms with van der Waals surface area (Å²) in [6, 6.07) is 0. The Morgan fingerprint density at radius 1 is 1.57 bits per heavy atom. The standard InChI is InChI=1S/C10H16N2S.ClH/c1-2-10(3-4-10)7-11-5-9-6-13-8-12-9;/h6,8,11H,2-5,7H2,1H3;1H. The van der Waals surface area contributed by atoms with Crippen LogP contribution in [0.3, 0.4) is 0 Å². The summed E-state index contributed by atoms with van der Waals surface area (Å²) in [7, 11) is 0. The maximum atomic E-state index is 4.24. The molecular formula is C10H17ClN2S. The monoisotopic (exact) mass is 232 g/mol. The third-order valence-electron chi connectivity index (χ3n) is 3.00. The van der Waals surface area contributed by atoms with Gasteiger partial charge in [-0.15, -0.1) is 23.7 Å². The van der Waals surface area contributed by atoms with Gasteiger partial charge in [0.25, 0.3) is 0 Å². The molecule has 0 aromatic carbocycles. The highest BCUT2D eigenvalue weighted by Crippen LogP contribution is 2.47. The number of aromatic nitrogens is 1. The fraction of sp³-hybridized carbons (Fsp3) is 0.700. The van der Waals surface area contributed by atoms with Gasteiger partial charge in [-0.3, -0.25) is 0 Å². The first-order valence-electron chi connectivity index (χ1n) is 4.92. The maximum Gasteiger partial charge on any atom is 0.0795 e. The number of hydrogen-bond donors (Lipinski definition) is 1. The summed E-state index contributed by atoms with van der Waals surface area (Å²) in [4.78, 5) is 4.24. The van der Waals surface area contributed by atoms with Gasteiger partial charge in [0.05, 0.1) is 11.2 Å². The van der Waals surface area contributed by atoms with E-state index in [0.29, 0.717) is 5.41 Å². The second kappa shape index (κ2) is 5.10. The molecule has 1 fully saturated rings. The van der Waals surface area contributed by atoms with Crippen LogP contribution >= 0.6 is 23.7 Å². The Morgan fingerprint density at radius 2 is 2.36 bits per heavy atom. The summed E-state index contributed by atoms with van der Waals surface area (Å²) in [5, 5.41) is 5.60. The van der Waals surface area contributed by atoms with Crippen molar-refractivity contribution < 1.29 is 0 Å². The molecule has 1 heterocycles. The fourth-order valence-electron chi connectivity index (χ4n) is 1.61. The molecule has 0 atom stereocenters. The van der Waals surface area contributed by atoms with E-state index in [1.54, 1.807) is 11.3 Å². The molecule has 0 amide bonds. The van der Waals surface area contributed by atoms with Crippen molar-refractivity contribution in [2.75, 3.05) is 6.54 Å². The number of thiazole rings is 1. The summed E-state index contributed by atoms with van der Waals surface area (Å²) < 4.78 is 0. The van der Waals surface area contributed by atoms with E-state index in [1.807, 2.05) is 5.51 Å². The van der Waals surface area contributed by atoms with Crippen LogP contribution in [-0.2, 0) is 6.54 Å². The Kier molecular flexibility index (Phi) is 4.35. The fourth-order valence-corrected chi connectivity index (χ4v) is 2.17. The number of nitrogens with zero attached hydrogens (tertiary/aromatic N) is 1. The number of nitrogens with one attached hydrogen (secondary N) is 1. The molecule has 0 spiro atoms. The van der Waals surface area contributed by atoms with Crippen molar-refractivity contribution in [3.05, 3.63) is 16.6 Å². The minimum atomic E-state index is 0. The number of halogens is 1. The van der Waals surface area contributed by atoms with Gasteiger partial charge >= 0.3 is 0 Å². The Bertz CT molecular complexity index is 257. The SMILES string of the molecule is CCC1(CNCc2cscn2)CC1.Cl. The normalized spacial score (nSPS) is 17.5. The predicted octanol–water partition coefficient (Wildman–Crippen LogP) is 2.84. The van der Waals surface area contributed by atoms with Gasteiger partial charge in [-0.05, 0) is 24.7 Å². The molecule has 1 aliphatic rings. The van der Waals surface area contributed by atoms with Crippen LogP contribution in [0.5, 0.6) is 0 Å². The summed E-state index contributed by atoms with van der Waals surface area (Å²) >= 11 is 1.67. The van der Waals surface area contributed by atoms with Crippen LogP contribution in [0.4, 0.5) is 0 Å². The molecule has 80 valence electrons. The average molecular weight is 233 g/mol. The van der Waals surface area contributed by atoms with Crippen molar-refractivity contribution >= 4 is 23.7 Å². The molecule has 0 radical (unpaired) electrons. The molecule has 0 bridgehead atoms. The molecule has 1 N–H and O–H groups in total. The van der Waals surface area contributed by atoms with Crippen LogP contribution in [0.15, 0.2) is 10.9 Å². The Balaban J connectivity index is 0.000000980. The van der Waals surface area contributed by atoms with Gasteiger partial charge < -0.3 is 5.32 Å². The Hall–Kier alpha value is -0.120. The molecule has 0 saturated heterocycles. The zero-order chi connectivity index (χ0) is 9.15. The highest BCUT2D eigenvalue weighted by atomic mass is 35.5. The van der Waals surface area contributed by atoms with Gasteiger partial charge in [-0.1, -0.05) is 6.92 Å². The number of rotatable bonds is 5. The van der Waals surface area contributed by atoms with Gasteiger partial charge in [0.1, 0.15) is 0 Å². The summed E-state index contributed by atoms with van der Waals surface area (Å²) in [6.07, 6.45) is 4.14. The van der Waals surface area contributed by atoms with E-state index in [1.165, 1.54) is 31.5 Å². The maximum absolute atomic E-state index is 4.24. The van der Waals surface area contributed by atoms with Crippen LogP contribution in [0.25, 0.3) is 0 Å². The third-order valence-corrected chi connectivity index (χ3v) is 3.63. The second-order valence-corrected chi connectivity index (χ2v) is 4.66. The first-order chi connectivity index (χ1) is 6.35. The van der Waals surface area contributed by atoms with E-state index in [-0.39, 0.29) is 12.4 Å². The summed E-state index contributed by atoms with van der Waals surface area (Å²) in [6.45, 7) is 4.39. The van der Waals surface area contributed by atoms with Crippen LogP contribution in [-0.4, -0.2) is 11.5 Å². The van der Waals surface area contributed by atoms with E-state index >= 15 is 0 Å². The van der Waals surface area contributed by atoms with Gasteiger partial charge in [-0.2, -0.15) is 0 Å². The first-order valence-corrected chi connectivity index (χ1v) is 5.87. The Labute approximate surface area is 95.5 Å². The lowest BCUT2D eigenvalue weighted by atomic mass is 10.0. The summed E-state index contributed by atoms with van der Waals surface area (Å²) in [5.74, 6) is 0. The van der Waals surface area contributed by atoms with Crippen molar-refractivity contribution in [1.29, 1.82) is 0 Å². The van der Waals surface area contributed by atoms with E-state index in [2.05, 4.69) is 22.6 Å². The van der Waals surface area contributed by atoms with Crippen LogP contribution in [0.2, 0.25) is 0 Å². The van der Waals surface area contributed by atoms with E-state index in [9.17, 15) is 0 Å². The van der Waals surface area contributed by atoms with Crippen LogP contribution in [0, 0.1) is 5.41 Å². The predicted molar refractivity (Wildman–Crippen MR) is 63.0 cm³/mol. The van der Waals surface area contributed by atoms with Crippen molar-refractivity contribution in [1.82, 2.24) is 10.3 Å². The van der Waals surface area contributed by atoms with Crippen molar-refractivity contribution in [3.63, 3.8) is 0 Å². The minimum absolute atomic E-state index is 0. The lowest BCUT2D eigenvalue weighted by Gasteiger charge is -2.12. The third kappa shape index (κ3) is 2.94. The molecule has 1 saturated carbocycles. The van der Waals surface area contributed by atoms with E-state index in [4.69, 9.17) is 0 Å². The minimum Gasteiger partial charge on any atom is -0.311 e. The van der Waals surface area contributed by atoms with Gasteiger partial charge in [0, 0.05) is 18.5 Å². The molecule has 2 nitrogen and oxygen atoms in total. The lowest BCUT2D eigenvalue weighted by molar-refractivity contribution is 0.442. The summed E-state index contributed by atoms with van der Waals surface area (Å²) in [5.41, 5.74) is 3.72. The molecule has 14 heavy (non-hydrogen) atoms. The quantitative estimate of drug-likeness (QED) is 0.845. The van der Waals surface area contributed by atoms with Gasteiger partial charge in [0.15, 0.2) is 0 Å². The number of hydrogen-bond acceptors (Lipinski definition) is 3. The molecule has 1 aliphatic carbocycles. The van der Waals surface area contributed by atoms with E-state index < -0.39 is 0 Å². The van der Waals surface area contributed by atoms with Crippen molar-refractivity contribution in [3.8, 4) is 0 Å². The smallest absolute Gasteiger partial charge is 0.0795 e. The highest BCUT2D eigenvalue weighted by molar-refractivity contribution is 7.07. The topological polar surface area (TPSA) is 24.9 Å². The average Bonchev–Trinajstić information content (AvgIpc) is 2.74. The molecular weight excluding hydrogens is 216 g/mol. The molecule has 0 unspecified atom stereocenters. The van der Waals surface area contributed by atoms with Gasteiger partial charge in [0.2, 0.25) is 0 Å². The molecule has 1 aromatic heterocycles. The Morgan fingerprint density at radius 3 is 2.86 bits per heavy atom. The zero-order valence-corrected chi connectivity index (χ0v) is 10.1. The van der Waals surface area contributed by atoms with Gasteiger partial charge in [-0.25, -0.2) is 4.98 Å². The molecule has 1 aromatic rings. The zero-order valence-electron chi connectivity index (χ0n) is 8.45. The van der Waals surface area contributed by atoms with Crippen molar-refractivity contribution in [2.45, 2.75) is 32.7 Å². The lowest BCUT2D eigenvalue weighted by Crippen LogP contribution is -2.23. The molecule has 4 heteroatoms. The first kappa shape index (κ1) is 12.0. The van der Waals surface area contributed by atoms with E-state index in [0.717, 1.165) is 6.54 Å². The molecule has 0 aliphatic heterocycles.